The van der Waals surface area contributed by atoms with E-state index in [1.165, 1.54) is 0 Å². The summed E-state index contributed by atoms with van der Waals surface area (Å²) in [6.45, 7) is 6.77. The standard InChI is InChI=1S/C19H25N5OS/c1-5-19(6-2)15(12(3)16(19)25-4)22-17-23-24-11-14(21-18(24)26-17)13-8-7-9-20-10-13/h7-12,15-16H,5-6H2,1-4H3,(H,22,23). The van der Waals surface area contributed by atoms with Gasteiger partial charge in [-0.25, -0.2) is 9.50 Å². The van der Waals surface area contributed by atoms with Crippen LogP contribution in [0.1, 0.15) is 33.6 Å². The van der Waals surface area contributed by atoms with Gasteiger partial charge in [-0.1, -0.05) is 32.1 Å². The summed E-state index contributed by atoms with van der Waals surface area (Å²) in [7, 11) is 1.83. The molecule has 0 saturated heterocycles. The van der Waals surface area contributed by atoms with Gasteiger partial charge in [0.2, 0.25) is 10.1 Å². The number of hydrogen-bond acceptors (Lipinski definition) is 6. The van der Waals surface area contributed by atoms with Crippen molar-refractivity contribution in [3.05, 3.63) is 30.7 Å². The van der Waals surface area contributed by atoms with Crippen molar-refractivity contribution in [3.8, 4) is 11.3 Å². The lowest BCUT2D eigenvalue weighted by molar-refractivity contribution is -0.150. The lowest BCUT2D eigenvalue weighted by atomic mass is 9.53. The van der Waals surface area contributed by atoms with E-state index >= 15 is 0 Å². The predicted molar refractivity (Wildman–Crippen MR) is 104 cm³/mol. The van der Waals surface area contributed by atoms with Crippen LogP contribution < -0.4 is 5.32 Å². The summed E-state index contributed by atoms with van der Waals surface area (Å²) in [4.78, 5) is 9.74. The van der Waals surface area contributed by atoms with Crippen LogP contribution in [0, 0.1) is 11.3 Å². The minimum atomic E-state index is 0.169. The van der Waals surface area contributed by atoms with Crippen molar-refractivity contribution in [2.75, 3.05) is 12.4 Å². The number of ether oxygens (including phenoxy) is 1. The summed E-state index contributed by atoms with van der Waals surface area (Å²) in [5.74, 6) is 0.460. The summed E-state index contributed by atoms with van der Waals surface area (Å²) >= 11 is 1.59. The van der Waals surface area contributed by atoms with Gasteiger partial charge in [0.15, 0.2) is 0 Å². The molecule has 1 N–H and O–H groups in total. The Morgan fingerprint density at radius 2 is 2.15 bits per heavy atom. The Morgan fingerprint density at radius 3 is 2.77 bits per heavy atom. The largest absolute Gasteiger partial charge is 0.380 e. The minimum absolute atomic E-state index is 0.169. The van der Waals surface area contributed by atoms with E-state index in [1.807, 2.05) is 36.2 Å². The molecule has 3 heterocycles. The molecule has 0 spiro atoms. The fourth-order valence-electron chi connectivity index (χ4n) is 4.64. The number of fused-ring (bicyclic) bond motifs is 1. The summed E-state index contributed by atoms with van der Waals surface area (Å²) < 4.78 is 7.65. The van der Waals surface area contributed by atoms with Crippen molar-refractivity contribution < 1.29 is 4.74 Å². The van der Waals surface area contributed by atoms with Gasteiger partial charge in [-0.2, -0.15) is 0 Å². The number of imidazole rings is 1. The van der Waals surface area contributed by atoms with E-state index in [2.05, 4.69) is 31.1 Å². The highest BCUT2D eigenvalue weighted by atomic mass is 32.1. The molecule has 138 valence electrons. The molecule has 0 aromatic carbocycles. The molecule has 3 unspecified atom stereocenters. The molecule has 0 bridgehead atoms. The Bertz CT molecular complexity index is 854. The van der Waals surface area contributed by atoms with Crippen molar-refractivity contribution in [2.45, 2.75) is 45.8 Å². The van der Waals surface area contributed by atoms with Gasteiger partial charge in [-0.05, 0) is 25.0 Å². The maximum atomic E-state index is 5.79. The number of pyridine rings is 1. The Morgan fingerprint density at radius 1 is 1.35 bits per heavy atom. The Labute approximate surface area is 157 Å². The molecule has 3 aromatic rings. The average molecular weight is 372 g/mol. The van der Waals surface area contributed by atoms with E-state index in [4.69, 9.17) is 14.8 Å². The number of aromatic nitrogens is 4. The quantitative estimate of drug-likeness (QED) is 0.706. The number of rotatable bonds is 6. The molecule has 0 aliphatic heterocycles. The van der Waals surface area contributed by atoms with E-state index in [-0.39, 0.29) is 5.41 Å². The molecule has 3 aromatic heterocycles. The molecular formula is C19H25N5OS. The summed E-state index contributed by atoms with van der Waals surface area (Å²) in [6, 6.07) is 4.30. The topological polar surface area (TPSA) is 64.3 Å². The summed E-state index contributed by atoms with van der Waals surface area (Å²) in [5, 5.41) is 9.29. The monoisotopic (exact) mass is 371 g/mol. The van der Waals surface area contributed by atoms with Crippen LogP contribution in [-0.4, -0.2) is 38.8 Å². The molecule has 26 heavy (non-hydrogen) atoms. The van der Waals surface area contributed by atoms with E-state index in [1.54, 1.807) is 17.5 Å². The number of anilines is 1. The highest BCUT2D eigenvalue weighted by molar-refractivity contribution is 7.20. The first kappa shape index (κ1) is 17.4. The average Bonchev–Trinajstić information content (AvgIpc) is 3.23. The van der Waals surface area contributed by atoms with Crippen molar-refractivity contribution in [1.29, 1.82) is 0 Å². The van der Waals surface area contributed by atoms with Crippen molar-refractivity contribution in [3.63, 3.8) is 0 Å². The molecule has 0 amide bonds. The molecule has 1 fully saturated rings. The second kappa shape index (κ2) is 6.63. The maximum absolute atomic E-state index is 5.79. The number of nitrogens with one attached hydrogen (secondary N) is 1. The molecule has 4 rings (SSSR count). The van der Waals surface area contributed by atoms with Crippen molar-refractivity contribution in [2.24, 2.45) is 11.3 Å². The fourth-order valence-corrected chi connectivity index (χ4v) is 5.46. The van der Waals surface area contributed by atoms with Crippen LogP contribution in [0.4, 0.5) is 5.13 Å². The smallest absolute Gasteiger partial charge is 0.214 e. The van der Waals surface area contributed by atoms with Gasteiger partial charge in [-0.15, -0.1) is 5.10 Å². The maximum Gasteiger partial charge on any atom is 0.214 e. The van der Waals surface area contributed by atoms with Gasteiger partial charge in [0.25, 0.3) is 0 Å². The second-order valence-corrected chi connectivity index (χ2v) is 8.04. The third-order valence-corrected chi connectivity index (χ3v) is 6.89. The van der Waals surface area contributed by atoms with E-state index in [0.717, 1.165) is 34.2 Å². The Balaban J connectivity index is 1.57. The van der Waals surface area contributed by atoms with Crippen LogP contribution in [0.5, 0.6) is 0 Å². The van der Waals surface area contributed by atoms with Crippen molar-refractivity contribution >= 4 is 21.4 Å². The molecule has 0 radical (unpaired) electrons. The summed E-state index contributed by atoms with van der Waals surface area (Å²) in [6.07, 6.45) is 8.04. The van der Waals surface area contributed by atoms with E-state index in [0.29, 0.717) is 18.1 Å². The Hall–Kier alpha value is -1.99. The molecule has 7 heteroatoms. The zero-order valence-electron chi connectivity index (χ0n) is 15.6. The zero-order valence-corrected chi connectivity index (χ0v) is 16.5. The Kier molecular flexibility index (Phi) is 4.44. The molecule has 1 saturated carbocycles. The third-order valence-electron chi connectivity index (χ3n) is 6.04. The highest BCUT2D eigenvalue weighted by Crippen LogP contribution is 2.53. The normalized spacial score (nSPS) is 24.5. The SMILES string of the molecule is CCC1(CC)C(Nc2nn3cc(-c4cccnc4)nc3s2)C(C)C1OC. The summed E-state index contributed by atoms with van der Waals surface area (Å²) in [5.41, 5.74) is 2.07. The predicted octanol–water partition coefficient (Wildman–Crippen LogP) is 4.10. The van der Waals surface area contributed by atoms with Gasteiger partial charge in [0.05, 0.1) is 18.0 Å². The van der Waals surface area contributed by atoms with Gasteiger partial charge in [0, 0.05) is 42.4 Å². The van der Waals surface area contributed by atoms with Crippen LogP contribution in [0.25, 0.3) is 16.2 Å². The molecule has 6 nitrogen and oxygen atoms in total. The molecule has 1 aliphatic carbocycles. The van der Waals surface area contributed by atoms with Gasteiger partial charge in [-0.3, -0.25) is 4.98 Å². The second-order valence-electron chi connectivity index (χ2n) is 7.08. The van der Waals surface area contributed by atoms with Gasteiger partial charge in [0.1, 0.15) is 0 Å². The van der Waals surface area contributed by atoms with Gasteiger partial charge >= 0.3 is 0 Å². The molecule has 1 aliphatic rings. The first-order valence-electron chi connectivity index (χ1n) is 9.19. The van der Waals surface area contributed by atoms with Gasteiger partial charge < -0.3 is 10.1 Å². The van der Waals surface area contributed by atoms with E-state index in [9.17, 15) is 0 Å². The van der Waals surface area contributed by atoms with Crippen LogP contribution in [0.3, 0.4) is 0 Å². The lowest BCUT2D eigenvalue weighted by Crippen LogP contribution is -2.66. The van der Waals surface area contributed by atoms with Crippen LogP contribution in [-0.2, 0) is 4.74 Å². The van der Waals surface area contributed by atoms with Crippen LogP contribution in [0.15, 0.2) is 30.7 Å². The van der Waals surface area contributed by atoms with Crippen molar-refractivity contribution in [1.82, 2.24) is 19.6 Å². The highest BCUT2D eigenvalue weighted by Gasteiger charge is 2.58. The number of hydrogen-bond donors (Lipinski definition) is 1. The van der Waals surface area contributed by atoms with Crippen LogP contribution >= 0.6 is 11.3 Å². The minimum Gasteiger partial charge on any atom is -0.380 e. The lowest BCUT2D eigenvalue weighted by Gasteiger charge is -2.59. The first-order chi connectivity index (χ1) is 12.6. The number of methoxy groups -OCH3 is 1. The third kappa shape index (κ3) is 2.53. The van der Waals surface area contributed by atoms with Crippen LogP contribution in [0.2, 0.25) is 0 Å². The zero-order chi connectivity index (χ0) is 18.3. The fraction of sp³-hybridized carbons (Fsp3) is 0.526. The molecule has 3 atom stereocenters. The molecular weight excluding hydrogens is 346 g/mol. The first-order valence-corrected chi connectivity index (χ1v) is 10.0. The van der Waals surface area contributed by atoms with E-state index < -0.39 is 0 Å². The number of nitrogens with zero attached hydrogens (tertiary/aromatic N) is 4.